The number of benzene rings is 1. The predicted octanol–water partition coefficient (Wildman–Crippen LogP) is 1.96. The second-order valence-corrected chi connectivity index (χ2v) is 4.96. The van der Waals surface area contributed by atoms with Gasteiger partial charge in [0.15, 0.2) is 0 Å². The third-order valence-electron chi connectivity index (χ3n) is 2.66. The summed E-state index contributed by atoms with van der Waals surface area (Å²) in [6.07, 6.45) is 0.742. The summed E-state index contributed by atoms with van der Waals surface area (Å²) in [6.45, 7) is 1.21. The van der Waals surface area contributed by atoms with Crippen LogP contribution in [0.2, 0.25) is 10.0 Å². The maximum atomic E-state index is 12.2. The van der Waals surface area contributed by atoms with Crippen LogP contribution in [0.15, 0.2) is 18.2 Å². The van der Waals surface area contributed by atoms with Gasteiger partial charge in [0.2, 0.25) is 5.91 Å². The molecule has 1 N–H and O–H groups in total. The standard InChI is InChI=1S/C12H12Cl2N2O2/c13-9-4-8(5-10(14)6-9)12(18)16-3-1-2-15-11(17)7-16/h4-6H,1-3,7H2,(H,15,17). The van der Waals surface area contributed by atoms with Crippen molar-refractivity contribution in [3.63, 3.8) is 0 Å². The zero-order valence-corrected chi connectivity index (χ0v) is 11.1. The highest BCUT2D eigenvalue weighted by Gasteiger charge is 2.21. The SMILES string of the molecule is O=C1CN(C(=O)c2cc(Cl)cc(Cl)c2)CCCN1. The number of rotatable bonds is 1. The second kappa shape index (κ2) is 5.59. The summed E-state index contributed by atoms with van der Waals surface area (Å²) < 4.78 is 0. The van der Waals surface area contributed by atoms with E-state index in [1.165, 1.54) is 4.90 Å². The first-order valence-electron chi connectivity index (χ1n) is 5.58. The molecule has 0 bridgehead atoms. The number of nitrogens with zero attached hydrogens (tertiary/aromatic N) is 1. The molecular weight excluding hydrogens is 275 g/mol. The summed E-state index contributed by atoms with van der Waals surface area (Å²) in [5.74, 6) is -0.370. The van der Waals surface area contributed by atoms with Gasteiger partial charge in [0.1, 0.15) is 0 Å². The van der Waals surface area contributed by atoms with E-state index in [1.54, 1.807) is 18.2 Å². The summed E-state index contributed by atoms with van der Waals surface area (Å²) in [4.78, 5) is 25.1. The minimum atomic E-state index is -0.226. The van der Waals surface area contributed by atoms with Crippen LogP contribution in [0.25, 0.3) is 0 Å². The Kier molecular flexibility index (Phi) is 4.09. The van der Waals surface area contributed by atoms with Crippen LogP contribution in [0, 0.1) is 0 Å². The van der Waals surface area contributed by atoms with Gasteiger partial charge in [0, 0.05) is 28.7 Å². The molecule has 18 heavy (non-hydrogen) atoms. The van der Waals surface area contributed by atoms with Crippen LogP contribution in [0.3, 0.4) is 0 Å². The maximum Gasteiger partial charge on any atom is 0.254 e. The molecule has 1 heterocycles. The molecule has 2 rings (SSSR count). The van der Waals surface area contributed by atoms with Crippen molar-refractivity contribution >= 4 is 35.0 Å². The Morgan fingerprint density at radius 3 is 2.56 bits per heavy atom. The Bertz CT molecular complexity index is 471. The van der Waals surface area contributed by atoms with Gasteiger partial charge in [0.05, 0.1) is 6.54 Å². The van der Waals surface area contributed by atoms with Crippen molar-refractivity contribution in [2.45, 2.75) is 6.42 Å². The summed E-state index contributed by atoms with van der Waals surface area (Å²) in [7, 11) is 0. The lowest BCUT2D eigenvalue weighted by Crippen LogP contribution is -2.37. The molecule has 1 fully saturated rings. The van der Waals surface area contributed by atoms with E-state index in [1.807, 2.05) is 0 Å². The molecule has 0 unspecified atom stereocenters. The number of amides is 2. The van der Waals surface area contributed by atoms with Crippen LogP contribution in [0.5, 0.6) is 0 Å². The molecular formula is C12H12Cl2N2O2. The molecule has 4 nitrogen and oxygen atoms in total. The van der Waals surface area contributed by atoms with Gasteiger partial charge in [-0.15, -0.1) is 0 Å². The van der Waals surface area contributed by atoms with Crippen molar-refractivity contribution < 1.29 is 9.59 Å². The summed E-state index contributed by atoms with van der Waals surface area (Å²) in [6, 6.07) is 4.67. The van der Waals surface area contributed by atoms with Crippen molar-refractivity contribution in [3.8, 4) is 0 Å². The van der Waals surface area contributed by atoms with Crippen molar-refractivity contribution in [2.24, 2.45) is 0 Å². The van der Waals surface area contributed by atoms with Gasteiger partial charge in [-0.25, -0.2) is 0 Å². The summed E-state index contributed by atoms with van der Waals surface area (Å²) in [5.41, 5.74) is 0.405. The molecule has 0 saturated carbocycles. The van der Waals surface area contributed by atoms with Crippen LogP contribution < -0.4 is 5.32 Å². The van der Waals surface area contributed by atoms with E-state index in [0.717, 1.165) is 6.42 Å². The first-order valence-corrected chi connectivity index (χ1v) is 6.34. The van der Waals surface area contributed by atoms with E-state index in [0.29, 0.717) is 28.7 Å². The zero-order valence-electron chi connectivity index (χ0n) is 9.58. The molecule has 0 spiro atoms. The van der Waals surface area contributed by atoms with E-state index >= 15 is 0 Å². The molecule has 96 valence electrons. The normalized spacial score (nSPS) is 16.1. The van der Waals surface area contributed by atoms with Crippen LogP contribution in [0.1, 0.15) is 16.8 Å². The molecule has 0 radical (unpaired) electrons. The van der Waals surface area contributed by atoms with E-state index in [4.69, 9.17) is 23.2 Å². The largest absolute Gasteiger partial charge is 0.354 e. The predicted molar refractivity (Wildman–Crippen MR) is 70.0 cm³/mol. The average molecular weight is 287 g/mol. The van der Waals surface area contributed by atoms with Gasteiger partial charge in [-0.1, -0.05) is 23.2 Å². The van der Waals surface area contributed by atoms with Crippen molar-refractivity contribution in [1.29, 1.82) is 0 Å². The lowest BCUT2D eigenvalue weighted by atomic mass is 10.2. The average Bonchev–Trinajstić information content (AvgIpc) is 2.51. The van der Waals surface area contributed by atoms with Crippen molar-refractivity contribution in [3.05, 3.63) is 33.8 Å². The Labute approximate surface area is 115 Å². The lowest BCUT2D eigenvalue weighted by Gasteiger charge is -2.19. The number of hydrogen-bond acceptors (Lipinski definition) is 2. The third-order valence-corrected chi connectivity index (χ3v) is 3.09. The molecule has 1 aromatic carbocycles. The van der Waals surface area contributed by atoms with Crippen molar-refractivity contribution in [2.75, 3.05) is 19.6 Å². The van der Waals surface area contributed by atoms with E-state index in [-0.39, 0.29) is 18.4 Å². The molecule has 0 aromatic heterocycles. The molecule has 1 aromatic rings. The Morgan fingerprint density at radius 1 is 1.22 bits per heavy atom. The van der Waals surface area contributed by atoms with E-state index in [2.05, 4.69) is 5.32 Å². The topological polar surface area (TPSA) is 49.4 Å². The van der Waals surface area contributed by atoms with E-state index in [9.17, 15) is 9.59 Å². The molecule has 1 aliphatic heterocycles. The highest BCUT2D eigenvalue weighted by molar-refractivity contribution is 6.35. The third kappa shape index (κ3) is 3.15. The van der Waals surface area contributed by atoms with Gasteiger partial charge in [-0.05, 0) is 24.6 Å². The number of hydrogen-bond donors (Lipinski definition) is 1. The fraction of sp³-hybridized carbons (Fsp3) is 0.333. The second-order valence-electron chi connectivity index (χ2n) is 4.09. The first kappa shape index (κ1) is 13.2. The Morgan fingerprint density at radius 2 is 1.89 bits per heavy atom. The molecule has 1 saturated heterocycles. The number of carbonyl (C=O) groups excluding carboxylic acids is 2. The number of halogens is 2. The molecule has 1 aliphatic rings. The van der Waals surface area contributed by atoms with Crippen LogP contribution >= 0.6 is 23.2 Å². The minimum Gasteiger partial charge on any atom is -0.354 e. The highest BCUT2D eigenvalue weighted by Crippen LogP contribution is 2.20. The van der Waals surface area contributed by atoms with Crippen LogP contribution in [-0.2, 0) is 4.79 Å². The fourth-order valence-corrected chi connectivity index (χ4v) is 2.37. The quantitative estimate of drug-likeness (QED) is 0.858. The maximum absolute atomic E-state index is 12.2. The van der Waals surface area contributed by atoms with Gasteiger partial charge >= 0.3 is 0 Å². The molecule has 0 aliphatic carbocycles. The number of nitrogens with one attached hydrogen (secondary N) is 1. The Hall–Kier alpha value is -1.26. The van der Waals surface area contributed by atoms with E-state index < -0.39 is 0 Å². The van der Waals surface area contributed by atoms with Crippen LogP contribution in [-0.4, -0.2) is 36.3 Å². The van der Waals surface area contributed by atoms with Gasteiger partial charge in [0.25, 0.3) is 5.91 Å². The monoisotopic (exact) mass is 286 g/mol. The lowest BCUT2D eigenvalue weighted by molar-refractivity contribution is -0.121. The Balaban J connectivity index is 2.21. The van der Waals surface area contributed by atoms with Crippen LogP contribution in [0.4, 0.5) is 0 Å². The molecule has 2 amide bonds. The smallest absolute Gasteiger partial charge is 0.254 e. The van der Waals surface area contributed by atoms with Gasteiger partial charge in [-0.2, -0.15) is 0 Å². The number of carbonyl (C=O) groups is 2. The highest BCUT2D eigenvalue weighted by atomic mass is 35.5. The zero-order chi connectivity index (χ0) is 13.1. The van der Waals surface area contributed by atoms with Gasteiger partial charge in [-0.3, -0.25) is 9.59 Å². The van der Waals surface area contributed by atoms with Crippen molar-refractivity contribution in [1.82, 2.24) is 10.2 Å². The first-order chi connectivity index (χ1) is 8.56. The molecule has 6 heteroatoms. The fourth-order valence-electron chi connectivity index (χ4n) is 1.84. The van der Waals surface area contributed by atoms with Gasteiger partial charge < -0.3 is 10.2 Å². The minimum absolute atomic E-state index is 0.0724. The summed E-state index contributed by atoms with van der Waals surface area (Å²) >= 11 is 11.7. The summed E-state index contributed by atoms with van der Waals surface area (Å²) in [5, 5.41) is 3.53. The molecule has 0 atom stereocenters.